The molecule has 42 nitrogen and oxygen atoms in total. The van der Waals surface area contributed by atoms with E-state index in [9.17, 15) is 57.0 Å². The van der Waals surface area contributed by atoms with Crippen molar-refractivity contribution >= 4 is 167 Å². The lowest BCUT2D eigenvalue weighted by Crippen LogP contribution is -2.17. The zero-order valence-electron chi connectivity index (χ0n) is 73.8. The standard InChI is InChI=1S/C92H84N26O16S4/c1-57-46-61(16-36-77(57)113-109-68-21-17-66(18-22-68)105-107-70-25-32-75(33-26-70)135(120,121)122)50-87-97-88(52-62-47-58(2)82(55-84(62)132-5)118-116-80-39-31-74(54-86(80)138(129,130)131)112-104-65-14-10-7-11-15-65)99-89(98-87)93-40-42-133-44-45-134-43-41-94-90-100-91(95-72-29-37-78(59(3)48-72)114-115-79-38-30-73(53-85(79)137(126,127)128)111-103-64-12-8-6-9-13-64)102-92(101-90)96-83-49-60(4)81(51-63(83)56-119)117-110-69-23-19-67(20-24-69)106-108-71-27-34-76(35-28-71)136(123,124)125/h6-39,46-49,51,53-55,119H,40-45,50,52,56H2,1-5H3,(H,120,121,122)(H,123,124,125)(H,126,127,128)(H,129,130,131)(H,93,97,98,99)(H3,94,95,96,100,101,102). The maximum absolute atomic E-state index is 12.7. The van der Waals surface area contributed by atoms with E-state index in [1.807, 2.05) is 43.3 Å². The molecule has 0 aliphatic rings. The van der Waals surface area contributed by atoms with Crippen molar-refractivity contribution in [2.45, 2.75) is 66.7 Å². The molecular formula is C92H84N26O16S4. The number of rotatable bonds is 41. The summed E-state index contributed by atoms with van der Waals surface area (Å²) in [5.41, 5.74) is 10.9. The maximum atomic E-state index is 12.7. The Morgan fingerprint density at radius 1 is 0.304 bits per heavy atom. The van der Waals surface area contributed by atoms with Crippen LogP contribution in [-0.2, 0) is 69.4 Å². The molecule has 46 heteroatoms. The second-order valence-corrected chi connectivity index (χ2v) is 35.6. The third-order valence-corrected chi connectivity index (χ3v) is 23.3. The number of benzene rings is 12. The van der Waals surface area contributed by atoms with Crippen LogP contribution in [0.2, 0.25) is 0 Å². The van der Waals surface area contributed by atoms with Crippen molar-refractivity contribution in [2.24, 2.45) is 81.8 Å². The Bertz CT molecular complexity index is 7520. The number of aliphatic hydroxyl groups is 1. The third kappa shape index (κ3) is 28.3. The number of hydrogen-bond donors (Lipinski definition) is 9. The fraction of sp³-hybridized carbons (Fsp3) is 0.152. The van der Waals surface area contributed by atoms with E-state index in [2.05, 4.69) is 113 Å². The zero-order chi connectivity index (χ0) is 97.4. The molecule has 0 unspecified atom stereocenters. The van der Waals surface area contributed by atoms with Gasteiger partial charge in [-0.05, 0) is 256 Å². The topological polar surface area (TPSA) is 589 Å². The highest BCUT2D eigenvalue weighted by atomic mass is 32.2. The largest absolute Gasteiger partial charge is 0.496 e. The van der Waals surface area contributed by atoms with Crippen LogP contribution in [-0.4, -0.2) is 134 Å². The third-order valence-electron chi connectivity index (χ3n) is 19.8. The van der Waals surface area contributed by atoms with E-state index in [0.29, 0.717) is 125 Å². The number of hydrogen-bond acceptors (Lipinski definition) is 38. The average molecular weight is 1940 g/mol. The summed E-state index contributed by atoms with van der Waals surface area (Å²) < 4.78 is 153. The van der Waals surface area contributed by atoms with Gasteiger partial charge in [0.05, 0.1) is 130 Å². The van der Waals surface area contributed by atoms with Gasteiger partial charge in [0.25, 0.3) is 40.5 Å². The molecule has 0 atom stereocenters. The number of nitrogens with one attached hydrogen (secondary N) is 4. The minimum atomic E-state index is -4.81. The molecule has 0 saturated carbocycles. The van der Waals surface area contributed by atoms with E-state index >= 15 is 0 Å². The molecular weight excluding hydrogens is 1850 g/mol. The molecule has 0 spiro atoms. The molecule has 0 aliphatic heterocycles. The number of ether oxygens (including phenoxy) is 3. The summed E-state index contributed by atoms with van der Waals surface area (Å²) in [4.78, 5) is 27.1. The van der Waals surface area contributed by atoms with Crippen molar-refractivity contribution in [1.29, 1.82) is 0 Å². The molecule has 138 heavy (non-hydrogen) atoms. The Kier molecular flexibility index (Phi) is 32.2. The molecule has 14 rings (SSSR count). The molecule has 0 bridgehead atoms. The van der Waals surface area contributed by atoms with Crippen molar-refractivity contribution in [2.75, 3.05) is 67.9 Å². The van der Waals surface area contributed by atoms with Gasteiger partial charge >= 0.3 is 0 Å². The second-order valence-electron chi connectivity index (χ2n) is 30.0. The van der Waals surface area contributed by atoms with E-state index in [1.165, 1.54) is 79.9 Å². The van der Waals surface area contributed by atoms with Crippen molar-refractivity contribution in [3.8, 4) is 5.75 Å². The summed E-state index contributed by atoms with van der Waals surface area (Å²) in [5.74, 6) is 1.65. The van der Waals surface area contributed by atoms with E-state index in [4.69, 9.17) is 34.1 Å². The highest BCUT2D eigenvalue weighted by Crippen LogP contribution is 2.39. The maximum Gasteiger partial charge on any atom is 0.296 e. The smallest absolute Gasteiger partial charge is 0.296 e. The molecule has 0 amide bonds. The fourth-order valence-electron chi connectivity index (χ4n) is 12.9. The van der Waals surface area contributed by atoms with E-state index in [0.717, 1.165) is 23.3 Å². The van der Waals surface area contributed by atoms with Gasteiger partial charge in [0, 0.05) is 54.5 Å². The van der Waals surface area contributed by atoms with E-state index in [-0.39, 0.29) is 109 Å². The summed E-state index contributed by atoms with van der Waals surface area (Å²) in [6.45, 7) is 7.99. The quantitative estimate of drug-likeness (QED) is 0.00976. The highest BCUT2D eigenvalue weighted by molar-refractivity contribution is 7.86. The molecule has 0 saturated heterocycles. The van der Waals surface area contributed by atoms with Crippen molar-refractivity contribution < 1.29 is 71.2 Å². The lowest BCUT2D eigenvalue weighted by molar-refractivity contribution is 0.0556. The molecule has 9 N–H and O–H groups in total. The Balaban J connectivity index is 0.639. The van der Waals surface area contributed by atoms with Crippen LogP contribution in [0.5, 0.6) is 5.75 Å². The zero-order valence-corrected chi connectivity index (χ0v) is 77.1. The first-order chi connectivity index (χ1) is 66.3. The Hall–Kier alpha value is -16.0. The lowest BCUT2D eigenvalue weighted by Gasteiger charge is -2.15. The molecule has 2 aromatic heterocycles. The first-order valence-corrected chi connectivity index (χ1v) is 47.4. The van der Waals surface area contributed by atoms with E-state index < -0.39 is 56.9 Å². The molecule has 0 aliphatic carbocycles. The number of aromatic nitrogens is 6. The van der Waals surface area contributed by atoms with Gasteiger partial charge in [-0.2, -0.15) is 130 Å². The summed E-state index contributed by atoms with van der Waals surface area (Å²) >= 11 is 0. The van der Waals surface area contributed by atoms with Gasteiger partial charge in [0.2, 0.25) is 23.8 Å². The number of anilines is 6. The summed E-state index contributed by atoms with van der Waals surface area (Å²) in [6, 6.07) is 67.1. The van der Waals surface area contributed by atoms with Gasteiger partial charge in [-0.25, -0.2) is 4.98 Å². The van der Waals surface area contributed by atoms with Gasteiger partial charge in [-0.15, -0.1) is 10.2 Å². The van der Waals surface area contributed by atoms with Crippen LogP contribution in [0.25, 0.3) is 0 Å². The Labute approximate surface area is 790 Å². The summed E-state index contributed by atoms with van der Waals surface area (Å²) in [6.07, 6.45) is 0.403. The average Bonchev–Trinajstić information content (AvgIpc) is 0.804. The van der Waals surface area contributed by atoms with Crippen LogP contribution in [0.4, 0.5) is 126 Å². The number of azo groups is 8. The van der Waals surface area contributed by atoms with Gasteiger partial charge in [-0.1, -0.05) is 48.5 Å². The van der Waals surface area contributed by atoms with Crippen LogP contribution in [0.3, 0.4) is 0 Å². The molecule has 2 heterocycles. The number of methoxy groups -OCH3 is 1. The fourth-order valence-corrected chi connectivity index (χ4v) is 15.1. The summed E-state index contributed by atoms with van der Waals surface area (Å²) in [7, 11) is -16.9. The predicted molar refractivity (Wildman–Crippen MR) is 512 cm³/mol. The molecule has 0 radical (unpaired) electrons. The van der Waals surface area contributed by atoms with Crippen molar-refractivity contribution in [3.63, 3.8) is 0 Å². The first kappa shape index (κ1) is 98.0. The van der Waals surface area contributed by atoms with Crippen LogP contribution in [0, 0.1) is 27.7 Å². The normalized spacial score (nSPS) is 12.3. The van der Waals surface area contributed by atoms with Gasteiger partial charge < -0.3 is 40.6 Å². The monoisotopic (exact) mass is 1940 g/mol. The number of nitrogens with zero attached hydrogens (tertiary/aromatic N) is 22. The van der Waals surface area contributed by atoms with Crippen LogP contribution < -0.4 is 26.0 Å². The van der Waals surface area contributed by atoms with Crippen molar-refractivity contribution in [3.05, 3.63) is 305 Å². The first-order valence-electron chi connectivity index (χ1n) is 41.7. The van der Waals surface area contributed by atoms with Crippen molar-refractivity contribution in [1.82, 2.24) is 29.9 Å². The van der Waals surface area contributed by atoms with Gasteiger partial charge in [-0.3, -0.25) is 18.2 Å². The predicted octanol–water partition coefficient (Wildman–Crippen LogP) is 23.3. The highest BCUT2D eigenvalue weighted by Gasteiger charge is 2.23. The Morgan fingerprint density at radius 2 is 0.667 bits per heavy atom. The second kappa shape index (κ2) is 45.3. The number of aliphatic hydroxyl groups excluding tert-OH is 1. The van der Waals surface area contributed by atoms with Gasteiger partial charge in [0.15, 0.2) is 0 Å². The lowest BCUT2D eigenvalue weighted by atomic mass is 10.0. The minimum Gasteiger partial charge on any atom is -0.496 e. The molecule has 0 fully saturated rings. The van der Waals surface area contributed by atoms with Gasteiger partial charge in [0.1, 0.15) is 38.6 Å². The van der Waals surface area contributed by atoms with Crippen LogP contribution in [0.15, 0.2) is 356 Å². The molecule has 14 aromatic rings. The Morgan fingerprint density at radius 3 is 1.12 bits per heavy atom. The number of aryl methyl sites for hydroxylation is 4. The summed E-state index contributed by atoms with van der Waals surface area (Å²) in [5, 5.41) is 91.9. The SMILES string of the molecule is COc1cc(N=Nc2ccc(N=Nc3ccccc3)cc2S(=O)(=O)O)c(C)cc1Cc1nc(Cc2ccc(N=Nc3ccc(N=Nc4ccc(S(=O)(=O)O)cc4)cc3)c(C)c2)nc(NCCOCCOCCNc2nc(Nc3ccc(N=Nc4ccc(N=Nc5ccccc5)cc4S(=O)(=O)O)c(C)c3)nc(Nc3cc(C)c(N=Nc4ccc(N=Nc5ccc(S(=O)(=O)O)cc5)cc4)cc3CO)n2)n1. The van der Waals surface area contributed by atoms with E-state index in [1.54, 1.807) is 154 Å². The molecule has 702 valence electrons. The molecule has 12 aromatic carbocycles. The van der Waals surface area contributed by atoms with Crippen LogP contribution in [0.1, 0.15) is 50.6 Å². The van der Waals surface area contributed by atoms with Crippen LogP contribution >= 0.6 is 0 Å². The minimum absolute atomic E-state index is 0.0537.